The molecule has 0 amide bonds. The fourth-order valence-electron chi connectivity index (χ4n) is 1.36. The topological polar surface area (TPSA) is 137 Å². The maximum absolute atomic E-state index is 11.1. The number of hydrogen-bond acceptors (Lipinski definition) is 5. The van der Waals surface area contributed by atoms with Crippen LogP contribution in [-0.2, 0) is 20.2 Å². The van der Waals surface area contributed by atoms with E-state index in [2.05, 4.69) is 20.9 Å². The Balaban J connectivity index is 0.00000324. The normalized spacial score (nSPS) is 11.5. The third kappa shape index (κ3) is 3.71. The van der Waals surface area contributed by atoms with E-state index in [1.807, 2.05) is 0 Å². The van der Waals surface area contributed by atoms with Crippen LogP contribution >= 0.6 is 15.9 Å². The number of halogens is 2. The van der Waals surface area contributed by atoms with Crippen molar-refractivity contribution in [1.29, 1.82) is 5.39 Å². The van der Waals surface area contributed by atoms with Crippen molar-refractivity contribution in [2.45, 2.75) is 16.7 Å². The average Bonchev–Trinajstić information content (AvgIpc) is 2.13. The lowest BCUT2D eigenvalue weighted by atomic mass is 10.2. The van der Waals surface area contributed by atoms with Crippen molar-refractivity contribution in [3.8, 4) is 0 Å². The summed E-state index contributed by atoms with van der Waals surface area (Å²) >= 11 is 2.75. The first-order valence-corrected chi connectivity index (χ1v) is 7.80. The first-order valence-electron chi connectivity index (χ1n) is 4.13. The lowest BCUT2D eigenvalue weighted by molar-refractivity contribution is -0.0000122. The van der Waals surface area contributed by atoms with Gasteiger partial charge in [0, 0.05) is 4.47 Å². The predicted octanol–water partition coefficient (Wildman–Crippen LogP) is -1.26. The summed E-state index contributed by atoms with van der Waals surface area (Å²) in [4.78, 5) is 1.18. The molecule has 0 saturated carbocycles. The van der Waals surface area contributed by atoms with Crippen LogP contribution in [0.4, 0.5) is 5.69 Å². The van der Waals surface area contributed by atoms with Crippen molar-refractivity contribution in [3.05, 3.63) is 21.1 Å². The number of hydrogen-bond donors (Lipinski definition) is 2. The summed E-state index contributed by atoms with van der Waals surface area (Å²) in [5, 5.41) is 8.70. The molecule has 106 valence electrons. The average molecular weight is 438 g/mol. The Morgan fingerprint density at radius 3 is 2.00 bits per heavy atom. The minimum Gasteiger partial charge on any atom is -1.00 e. The van der Waals surface area contributed by atoms with Gasteiger partial charge in [0.25, 0.3) is 10.1 Å². The van der Waals surface area contributed by atoms with Crippen LogP contribution in [0.15, 0.2) is 20.3 Å². The molecule has 0 unspecified atom stereocenters. The number of benzene rings is 1. The molecule has 2 N–H and O–H groups in total. The van der Waals surface area contributed by atoms with E-state index in [0.29, 0.717) is 6.07 Å². The van der Waals surface area contributed by atoms with Gasteiger partial charge in [0.15, 0.2) is 9.87 Å². The van der Waals surface area contributed by atoms with Gasteiger partial charge >= 0.3 is 15.8 Å². The highest BCUT2D eigenvalue weighted by atomic mass is 79.9. The molecular formula is C7H6Br2N2O6S2. The molecule has 0 bridgehead atoms. The highest BCUT2D eigenvalue weighted by Crippen LogP contribution is 2.37. The van der Waals surface area contributed by atoms with Gasteiger partial charge in [0.2, 0.25) is 5.39 Å². The Morgan fingerprint density at radius 1 is 1.21 bits per heavy atom. The second kappa shape index (κ2) is 5.81. The van der Waals surface area contributed by atoms with Gasteiger partial charge in [0.1, 0.15) is 4.90 Å². The molecule has 0 heterocycles. The van der Waals surface area contributed by atoms with Crippen LogP contribution in [0.1, 0.15) is 5.56 Å². The lowest BCUT2D eigenvalue weighted by Crippen LogP contribution is -3.00. The monoisotopic (exact) mass is 436 g/mol. The lowest BCUT2D eigenvalue weighted by Gasteiger charge is -2.05. The van der Waals surface area contributed by atoms with E-state index >= 15 is 0 Å². The van der Waals surface area contributed by atoms with E-state index in [1.54, 1.807) is 0 Å². The molecule has 1 rings (SSSR count). The third-order valence-corrected chi connectivity index (χ3v) is 4.84. The molecule has 0 aliphatic carbocycles. The highest BCUT2D eigenvalue weighted by Gasteiger charge is 2.34. The molecule has 12 heteroatoms. The van der Waals surface area contributed by atoms with Gasteiger partial charge in [0.05, 0.1) is 5.56 Å². The van der Waals surface area contributed by atoms with E-state index in [0.717, 1.165) is 6.92 Å². The largest absolute Gasteiger partial charge is 1.00 e. The van der Waals surface area contributed by atoms with Crippen LogP contribution in [-0.4, -0.2) is 25.9 Å². The first kappa shape index (κ1) is 18.4. The molecule has 0 aliphatic rings. The standard InChI is InChI=1S/C7H5BrN2O6S2.BrH/c1-3-6(10-9)5(17(11,12)13)2-4(8)7(3)18(14,15)16;/h2H,1H3,(H-,11,12,13,14,15,16);1H. The van der Waals surface area contributed by atoms with E-state index in [4.69, 9.17) is 14.5 Å². The Kier molecular flexibility index (Phi) is 5.64. The van der Waals surface area contributed by atoms with Gasteiger partial charge < -0.3 is 17.0 Å². The quantitative estimate of drug-likeness (QED) is 0.435. The molecule has 0 aromatic heterocycles. The van der Waals surface area contributed by atoms with Crippen LogP contribution in [0, 0.1) is 12.3 Å². The minimum atomic E-state index is -4.71. The molecule has 0 radical (unpaired) electrons. The number of diazo groups is 1. The number of nitrogens with zero attached hydrogens (tertiary/aromatic N) is 2. The summed E-state index contributed by atoms with van der Waals surface area (Å²) < 4.78 is 61.8. The minimum absolute atomic E-state index is 0. The van der Waals surface area contributed by atoms with Crippen LogP contribution in [0.5, 0.6) is 0 Å². The highest BCUT2D eigenvalue weighted by molar-refractivity contribution is 9.10. The van der Waals surface area contributed by atoms with Crippen LogP contribution in [0.25, 0.3) is 4.98 Å². The van der Waals surface area contributed by atoms with Crippen LogP contribution in [0.3, 0.4) is 0 Å². The summed E-state index contributed by atoms with van der Waals surface area (Å²) in [7, 11) is -9.37. The molecule has 0 aliphatic heterocycles. The predicted molar refractivity (Wildman–Crippen MR) is 63.3 cm³/mol. The van der Waals surface area contributed by atoms with Gasteiger partial charge in [-0.05, 0) is 28.9 Å². The van der Waals surface area contributed by atoms with E-state index in [9.17, 15) is 16.8 Å². The maximum Gasteiger partial charge on any atom is 0.410 e. The Bertz CT molecular complexity index is 766. The molecule has 8 nitrogen and oxygen atoms in total. The molecule has 1 aromatic rings. The van der Waals surface area contributed by atoms with Crippen molar-refractivity contribution >= 4 is 41.9 Å². The number of rotatable bonds is 2. The Morgan fingerprint density at radius 2 is 1.68 bits per heavy atom. The van der Waals surface area contributed by atoms with Crippen molar-refractivity contribution in [2.24, 2.45) is 0 Å². The van der Waals surface area contributed by atoms with Gasteiger partial charge in [-0.1, -0.05) is 0 Å². The van der Waals surface area contributed by atoms with E-state index < -0.39 is 35.7 Å². The molecule has 0 saturated heterocycles. The van der Waals surface area contributed by atoms with Crippen LogP contribution in [0.2, 0.25) is 0 Å². The summed E-state index contributed by atoms with van der Waals surface area (Å²) in [6.07, 6.45) is 0. The fraction of sp³-hybridized carbons (Fsp3) is 0.143. The molecule has 0 atom stereocenters. The summed E-state index contributed by atoms with van der Waals surface area (Å²) in [5.41, 5.74) is -1.00. The second-order valence-electron chi connectivity index (χ2n) is 3.21. The molecule has 0 fully saturated rings. The maximum atomic E-state index is 11.1. The van der Waals surface area contributed by atoms with Crippen LogP contribution < -0.4 is 17.0 Å². The Labute approximate surface area is 127 Å². The van der Waals surface area contributed by atoms with E-state index in [1.165, 1.54) is 0 Å². The van der Waals surface area contributed by atoms with Crippen molar-refractivity contribution in [2.75, 3.05) is 0 Å². The second-order valence-corrected chi connectivity index (χ2v) is 6.81. The molecule has 0 spiro atoms. The van der Waals surface area contributed by atoms with E-state index in [-0.39, 0.29) is 27.0 Å². The zero-order chi connectivity index (χ0) is 14.3. The zero-order valence-electron chi connectivity index (χ0n) is 9.07. The zero-order valence-corrected chi connectivity index (χ0v) is 13.9. The summed E-state index contributed by atoms with van der Waals surface area (Å²) in [6, 6.07) is 0.709. The van der Waals surface area contributed by atoms with Crippen molar-refractivity contribution < 1.29 is 42.9 Å². The van der Waals surface area contributed by atoms with Gasteiger partial charge in [-0.15, -0.1) is 0 Å². The van der Waals surface area contributed by atoms with Crippen molar-refractivity contribution in [3.63, 3.8) is 0 Å². The van der Waals surface area contributed by atoms with Crippen molar-refractivity contribution in [1.82, 2.24) is 0 Å². The molecular weight excluding hydrogens is 432 g/mol. The molecule has 1 aromatic carbocycles. The molecule has 19 heavy (non-hydrogen) atoms. The SMILES string of the molecule is Cc1c([N+]#N)c(S(=O)(=O)O)cc(Br)c1S(=O)(=O)O.[Br-]. The summed E-state index contributed by atoms with van der Waals surface area (Å²) in [6.45, 7) is 1.11. The third-order valence-electron chi connectivity index (χ3n) is 2.04. The fourth-order valence-corrected chi connectivity index (χ4v) is 4.14. The summed E-state index contributed by atoms with van der Waals surface area (Å²) in [5.74, 6) is 0. The Hall–Kier alpha value is -0.580. The van der Waals surface area contributed by atoms with Gasteiger partial charge in [-0.3, -0.25) is 9.11 Å². The van der Waals surface area contributed by atoms with Gasteiger partial charge in [-0.2, -0.15) is 16.8 Å². The smallest absolute Gasteiger partial charge is 0.410 e. The van der Waals surface area contributed by atoms with Gasteiger partial charge in [-0.25, -0.2) is 0 Å². The first-order chi connectivity index (χ1) is 8.00.